The summed E-state index contributed by atoms with van der Waals surface area (Å²) in [4.78, 5) is 16.2. The van der Waals surface area contributed by atoms with Crippen molar-refractivity contribution < 1.29 is 4.79 Å². The van der Waals surface area contributed by atoms with Gasteiger partial charge in [0.25, 0.3) is 5.91 Å². The zero-order valence-corrected chi connectivity index (χ0v) is 11.1. The maximum absolute atomic E-state index is 12.3. The van der Waals surface area contributed by atoms with Gasteiger partial charge < -0.3 is 15.5 Å². The van der Waals surface area contributed by atoms with Gasteiger partial charge in [0.05, 0.1) is 0 Å². The Hall–Kier alpha value is -1.39. The molecule has 18 heavy (non-hydrogen) atoms. The summed E-state index contributed by atoms with van der Waals surface area (Å²) in [5, 5.41) is 0. The van der Waals surface area contributed by atoms with E-state index in [4.69, 9.17) is 5.73 Å². The first-order chi connectivity index (χ1) is 8.56. The third-order valence-corrected chi connectivity index (χ3v) is 3.18. The minimum absolute atomic E-state index is 0.101. The average Bonchev–Trinajstić information content (AvgIpc) is 2.74. The van der Waals surface area contributed by atoms with Crippen LogP contribution in [0.2, 0.25) is 0 Å². The molecule has 0 bridgehead atoms. The number of likely N-dealkylation sites (tertiary alicyclic amines) is 1. The highest BCUT2D eigenvalue weighted by molar-refractivity contribution is 5.94. The van der Waals surface area contributed by atoms with Gasteiger partial charge in [0.1, 0.15) is 0 Å². The van der Waals surface area contributed by atoms with Crippen molar-refractivity contribution in [3.05, 3.63) is 35.4 Å². The molecule has 1 saturated heterocycles. The zero-order valence-electron chi connectivity index (χ0n) is 11.1. The number of hydrogen-bond acceptors (Lipinski definition) is 3. The van der Waals surface area contributed by atoms with Crippen molar-refractivity contribution in [1.82, 2.24) is 9.80 Å². The smallest absolute Gasteiger partial charge is 0.253 e. The standard InChI is InChI=1S/C14H21N3O/c1-16(2)9-11-4-3-5-12(8-11)14(18)17-7-6-13(15)10-17/h3-5,8,13H,6-7,9-10,15H2,1-2H3/t13-/m1/s1. The summed E-state index contributed by atoms with van der Waals surface area (Å²) in [7, 11) is 4.04. The van der Waals surface area contributed by atoms with Crippen molar-refractivity contribution >= 4 is 5.91 Å². The molecule has 1 heterocycles. The Morgan fingerprint density at radius 2 is 2.28 bits per heavy atom. The summed E-state index contributed by atoms with van der Waals surface area (Å²) < 4.78 is 0. The van der Waals surface area contributed by atoms with Crippen molar-refractivity contribution in [2.24, 2.45) is 5.73 Å². The molecule has 0 radical (unpaired) electrons. The third-order valence-electron chi connectivity index (χ3n) is 3.18. The predicted molar refractivity (Wildman–Crippen MR) is 72.3 cm³/mol. The molecule has 98 valence electrons. The molecule has 4 nitrogen and oxygen atoms in total. The fourth-order valence-corrected chi connectivity index (χ4v) is 2.32. The SMILES string of the molecule is CN(C)Cc1cccc(C(=O)N2CC[C@@H](N)C2)c1. The quantitative estimate of drug-likeness (QED) is 0.864. The minimum Gasteiger partial charge on any atom is -0.337 e. The molecule has 1 amide bonds. The van der Waals surface area contributed by atoms with Crippen LogP contribution in [0.25, 0.3) is 0 Å². The van der Waals surface area contributed by atoms with Crippen LogP contribution in [-0.4, -0.2) is 48.9 Å². The molecule has 2 N–H and O–H groups in total. The second kappa shape index (κ2) is 5.50. The van der Waals surface area contributed by atoms with Crippen molar-refractivity contribution in [1.29, 1.82) is 0 Å². The van der Waals surface area contributed by atoms with Gasteiger partial charge in [-0.1, -0.05) is 12.1 Å². The van der Waals surface area contributed by atoms with Gasteiger partial charge in [-0.2, -0.15) is 0 Å². The fourth-order valence-electron chi connectivity index (χ4n) is 2.32. The number of rotatable bonds is 3. The van der Waals surface area contributed by atoms with Gasteiger partial charge in [-0.25, -0.2) is 0 Å². The van der Waals surface area contributed by atoms with E-state index in [1.54, 1.807) is 0 Å². The van der Waals surface area contributed by atoms with Crippen LogP contribution >= 0.6 is 0 Å². The lowest BCUT2D eigenvalue weighted by atomic mass is 10.1. The molecule has 0 saturated carbocycles. The number of carbonyl (C=O) groups excluding carboxylic acids is 1. The Balaban J connectivity index is 2.10. The molecule has 1 aliphatic heterocycles. The first-order valence-corrected chi connectivity index (χ1v) is 6.35. The van der Waals surface area contributed by atoms with Crippen molar-refractivity contribution in [3.8, 4) is 0 Å². The Morgan fingerprint density at radius 1 is 1.50 bits per heavy atom. The number of benzene rings is 1. The van der Waals surface area contributed by atoms with Crippen LogP contribution in [0.1, 0.15) is 22.3 Å². The molecule has 0 aliphatic carbocycles. The highest BCUT2D eigenvalue weighted by Crippen LogP contribution is 2.14. The summed E-state index contributed by atoms with van der Waals surface area (Å²) in [6.07, 6.45) is 0.906. The first-order valence-electron chi connectivity index (χ1n) is 6.35. The number of carbonyl (C=O) groups is 1. The third kappa shape index (κ3) is 3.09. The van der Waals surface area contributed by atoms with Gasteiger partial charge in [-0.05, 0) is 38.2 Å². The van der Waals surface area contributed by atoms with E-state index in [1.165, 1.54) is 0 Å². The topological polar surface area (TPSA) is 49.6 Å². The summed E-state index contributed by atoms with van der Waals surface area (Å²) in [5.74, 6) is 0.101. The van der Waals surface area contributed by atoms with Gasteiger partial charge in [0.2, 0.25) is 0 Å². The van der Waals surface area contributed by atoms with E-state index in [9.17, 15) is 4.79 Å². The molecule has 0 spiro atoms. The van der Waals surface area contributed by atoms with Crippen LogP contribution in [0, 0.1) is 0 Å². The van der Waals surface area contributed by atoms with Crippen molar-refractivity contribution in [2.45, 2.75) is 19.0 Å². The number of hydrogen-bond donors (Lipinski definition) is 1. The number of nitrogens with two attached hydrogens (primary N) is 1. The van der Waals surface area contributed by atoms with E-state index in [-0.39, 0.29) is 11.9 Å². The lowest BCUT2D eigenvalue weighted by molar-refractivity contribution is 0.0790. The molecule has 1 aliphatic rings. The van der Waals surface area contributed by atoms with Gasteiger partial charge in [0, 0.05) is 31.2 Å². The highest BCUT2D eigenvalue weighted by atomic mass is 16.2. The first kappa shape index (κ1) is 13.1. The molecule has 0 unspecified atom stereocenters. The largest absolute Gasteiger partial charge is 0.337 e. The van der Waals surface area contributed by atoms with Crippen LogP contribution in [0.3, 0.4) is 0 Å². The zero-order chi connectivity index (χ0) is 13.1. The van der Waals surface area contributed by atoms with E-state index in [0.717, 1.165) is 30.6 Å². The van der Waals surface area contributed by atoms with E-state index in [0.29, 0.717) is 6.54 Å². The summed E-state index contributed by atoms with van der Waals surface area (Å²) >= 11 is 0. The van der Waals surface area contributed by atoms with E-state index < -0.39 is 0 Å². The Bertz CT molecular complexity index is 431. The molecule has 2 rings (SSSR count). The maximum atomic E-state index is 12.3. The monoisotopic (exact) mass is 247 g/mol. The maximum Gasteiger partial charge on any atom is 0.253 e. The highest BCUT2D eigenvalue weighted by Gasteiger charge is 2.24. The second-order valence-corrected chi connectivity index (χ2v) is 5.24. The van der Waals surface area contributed by atoms with Crippen LogP contribution in [-0.2, 0) is 6.54 Å². The van der Waals surface area contributed by atoms with Gasteiger partial charge in [-0.15, -0.1) is 0 Å². The molecule has 1 fully saturated rings. The normalized spacial score (nSPS) is 19.6. The molecule has 1 aromatic rings. The number of amides is 1. The molecule has 1 aromatic carbocycles. The Kier molecular flexibility index (Phi) is 3.99. The molecule has 4 heteroatoms. The van der Waals surface area contributed by atoms with E-state index in [2.05, 4.69) is 4.90 Å². The van der Waals surface area contributed by atoms with E-state index >= 15 is 0 Å². The summed E-state index contributed by atoms with van der Waals surface area (Å²) in [6, 6.07) is 7.99. The lowest BCUT2D eigenvalue weighted by Crippen LogP contribution is -2.31. The van der Waals surface area contributed by atoms with Crippen LogP contribution in [0.5, 0.6) is 0 Å². The Labute approximate surface area is 108 Å². The number of nitrogens with zero attached hydrogens (tertiary/aromatic N) is 2. The molecular weight excluding hydrogens is 226 g/mol. The summed E-state index contributed by atoms with van der Waals surface area (Å²) in [6.45, 7) is 2.30. The molecule has 1 atom stereocenters. The van der Waals surface area contributed by atoms with Gasteiger partial charge in [-0.3, -0.25) is 4.79 Å². The summed E-state index contributed by atoms with van der Waals surface area (Å²) in [5.41, 5.74) is 7.76. The Morgan fingerprint density at radius 3 is 2.89 bits per heavy atom. The predicted octanol–water partition coefficient (Wildman–Crippen LogP) is 0.921. The van der Waals surface area contributed by atoms with Crippen LogP contribution < -0.4 is 5.73 Å². The van der Waals surface area contributed by atoms with Gasteiger partial charge >= 0.3 is 0 Å². The molecule has 0 aromatic heterocycles. The fraction of sp³-hybridized carbons (Fsp3) is 0.500. The van der Waals surface area contributed by atoms with Crippen molar-refractivity contribution in [2.75, 3.05) is 27.2 Å². The lowest BCUT2D eigenvalue weighted by Gasteiger charge is -2.17. The van der Waals surface area contributed by atoms with Crippen LogP contribution in [0.4, 0.5) is 0 Å². The second-order valence-electron chi connectivity index (χ2n) is 5.24. The molecular formula is C14H21N3O. The van der Waals surface area contributed by atoms with E-state index in [1.807, 2.05) is 43.3 Å². The van der Waals surface area contributed by atoms with Crippen molar-refractivity contribution in [3.63, 3.8) is 0 Å². The minimum atomic E-state index is 0.101. The van der Waals surface area contributed by atoms with Gasteiger partial charge in [0.15, 0.2) is 0 Å². The van der Waals surface area contributed by atoms with Crippen LogP contribution in [0.15, 0.2) is 24.3 Å². The average molecular weight is 247 g/mol.